The topological polar surface area (TPSA) is 30.5 Å². The molecule has 0 saturated heterocycles. The Labute approximate surface area is 94.3 Å². The Morgan fingerprint density at radius 2 is 1.88 bits per heavy atom. The number of hydrogen-bond donors (Lipinski definition) is 1. The quantitative estimate of drug-likeness (QED) is 0.628. The highest BCUT2D eigenvalue weighted by molar-refractivity contribution is 4.65. The van der Waals surface area contributed by atoms with Gasteiger partial charge in [0.2, 0.25) is 0 Å². The Balaban J connectivity index is 3.25. The minimum atomic E-state index is -4.11. The molecule has 0 rings (SSSR count). The molecule has 16 heavy (non-hydrogen) atoms. The maximum Gasteiger partial charge on any atom is 0.390 e. The molecule has 1 unspecified atom stereocenters. The number of hydrogen-bond acceptors (Lipinski definition) is 3. The number of rotatable bonds is 9. The predicted octanol–water partition coefficient (Wildman–Crippen LogP) is 1.97. The molecule has 0 fully saturated rings. The van der Waals surface area contributed by atoms with Crippen LogP contribution in [-0.4, -0.2) is 45.7 Å². The van der Waals surface area contributed by atoms with Gasteiger partial charge in [0.25, 0.3) is 0 Å². The summed E-state index contributed by atoms with van der Waals surface area (Å²) < 4.78 is 45.8. The molecule has 0 radical (unpaired) electrons. The van der Waals surface area contributed by atoms with Crippen molar-refractivity contribution in [1.29, 1.82) is 0 Å². The van der Waals surface area contributed by atoms with E-state index in [0.717, 1.165) is 6.42 Å². The molecule has 3 nitrogen and oxygen atoms in total. The molecule has 1 atom stereocenters. The maximum atomic E-state index is 11.9. The Hall–Kier alpha value is -0.330. The second kappa shape index (κ2) is 8.78. The van der Waals surface area contributed by atoms with Crippen LogP contribution in [0.2, 0.25) is 0 Å². The fourth-order valence-electron chi connectivity index (χ4n) is 1.20. The molecule has 0 amide bonds. The molecule has 98 valence electrons. The largest absolute Gasteiger partial charge is 0.390 e. The average molecular weight is 243 g/mol. The molecule has 0 aromatic heterocycles. The van der Waals surface area contributed by atoms with E-state index in [9.17, 15) is 13.2 Å². The van der Waals surface area contributed by atoms with Gasteiger partial charge in [-0.25, -0.2) is 0 Å². The van der Waals surface area contributed by atoms with Gasteiger partial charge in [-0.15, -0.1) is 0 Å². The Morgan fingerprint density at radius 1 is 1.19 bits per heavy atom. The summed E-state index contributed by atoms with van der Waals surface area (Å²) in [5.41, 5.74) is 0. The van der Waals surface area contributed by atoms with Crippen LogP contribution >= 0.6 is 0 Å². The highest BCUT2D eigenvalue weighted by Gasteiger charge is 2.29. The SMILES string of the molecule is COCCCOCCNC(C)CC(F)(F)F. The lowest BCUT2D eigenvalue weighted by Crippen LogP contribution is -2.33. The minimum absolute atomic E-state index is 0.423. The van der Waals surface area contributed by atoms with Crippen LogP contribution in [0.3, 0.4) is 0 Å². The van der Waals surface area contributed by atoms with E-state index < -0.39 is 18.6 Å². The van der Waals surface area contributed by atoms with Crippen molar-refractivity contribution in [3.05, 3.63) is 0 Å². The van der Waals surface area contributed by atoms with E-state index in [4.69, 9.17) is 9.47 Å². The lowest BCUT2D eigenvalue weighted by Gasteiger charge is -2.15. The zero-order chi connectivity index (χ0) is 12.4. The molecule has 0 bridgehead atoms. The van der Waals surface area contributed by atoms with Gasteiger partial charge in [0.1, 0.15) is 0 Å². The van der Waals surface area contributed by atoms with Crippen molar-refractivity contribution in [2.75, 3.05) is 33.5 Å². The van der Waals surface area contributed by atoms with Gasteiger partial charge in [0.15, 0.2) is 0 Å². The van der Waals surface area contributed by atoms with Crippen molar-refractivity contribution < 1.29 is 22.6 Å². The van der Waals surface area contributed by atoms with Gasteiger partial charge < -0.3 is 14.8 Å². The van der Waals surface area contributed by atoms with Gasteiger partial charge in [0.05, 0.1) is 13.0 Å². The van der Waals surface area contributed by atoms with Gasteiger partial charge >= 0.3 is 6.18 Å². The normalized spacial score (nSPS) is 14.1. The fraction of sp³-hybridized carbons (Fsp3) is 1.00. The zero-order valence-electron chi connectivity index (χ0n) is 9.77. The second-order valence-electron chi connectivity index (χ2n) is 3.63. The van der Waals surface area contributed by atoms with Gasteiger partial charge in [-0.3, -0.25) is 0 Å². The summed E-state index contributed by atoms with van der Waals surface area (Å²) in [6.07, 6.45) is -4.11. The molecule has 0 aromatic rings. The van der Waals surface area contributed by atoms with Crippen molar-refractivity contribution in [3.63, 3.8) is 0 Å². The van der Waals surface area contributed by atoms with Crippen LogP contribution in [0, 0.1) is 0 Å². The summed E-state index contributed by atoms with van der Waals surface area (Å²) in [7, 11) is 1.61. The lowest BCUT2D eigenvalue weighted by molar-refractivity contribution is -0.139. The summed E-state index contributed by atoms with van der Waals surface area (Å²) in [4.78, 5) is 0. The van der Waals surface area contributed by atoms with E-state index in [1.165, 1.54) is 6.92 Å². The summed E-state index contributed by atoms with van der Waals surface area (Å²) in [5, 5.41) is 2.75. The van der Waals surface area contributed by atoms with Gasteiger partial charge in [0, 0.05) is 32.9 Å². The van der Waals surface area contributed by atoms with Crippen LogP contribution in [0.25, 0.3) is 0 Å². The number of halogens is 3. The number of nitrogens with one attached hydrogen (secondary N) is 1. The van der Waals surface area contributed by atoms with Gasteiger partial charge in [-0.05, 0) is 13.3 Å². The first-order chi connectivity index (χ1) is 7.45. The minimum Gasteiger partial charge on any atom is -0.385 e. The van der Waals surface area contributed by atoms with Crippen LogP contribution in [-0.2, 0) is 9.47 Å². The smallest absolute Gasteiger partial charge is 0.385 e. The molecular formula is C10H20F3NO2. The molecule has 1 N–H and O–H groups in total. The second-order valence-corrected chi connectivity index (χ2v) is 3.63. The van der Waals surface area contributed by atoms with E-state index in [1.54, 1.807) is 7.11 Å². The van der Waals surface area contributed by atoms with Gasteiger partial charge in [-0.2, -0.15) is 13.2 Å². The number of methoxy groups -OCH3 is 1. The van der Waals surface area contributed by atoms with E-state index in [2.05, 4.69) is 5.32 Å². The van der Waals surface area contributed by atoms with E-state index in [-0.39, 0.29) is 0 Å². The highest BCUT2D eigenvalue weighted by Crippen LogP contribution is 2.20. The summed E-state index contributed by atoms with van der Waals surface area (Å²) in [5.74, 6) is 0. The molecule has 0 aliphatic carbocycles. The third-order valence-corrected chi connectivity index (χ3v) is 1.91. The first-order valence-electron chi connectivity index (χ1n) is 5.32. The molecule has 0 aliphatic heterocycles. The number of ether oxygens (including phenoxy) is 2. The monoisotopic (exact) mass is 243 g/mol. The fourth-order valence-corrected chi connectivity index (χ4v) is 1.20. The van der Waals surface area contributed by atoms with Crippen molar-refractivity contribution in [1.82, 2.24) is 5.32 Å². The third-order valence-electron chi connectivity index (χ3n) is 1.91. The Bertz CT molecular complexity index is 165. The Morgan fingerprint density at radius 3 is 2.44 bits per heavy atom. The average Bonchev–Trinajstić information content (AvgIpc) is 2.13. The first-order valence-corrected chi connectivity index (χ1v) is 5.32. The standard InChI is InChI=1S/C10H20F3NO2/c1-9(8-10(11,12)13)14-4-7-16-6-3-5-15-2/h9,14H,3-8H2,1-2H3. The summed E-state index contributed by atoms with van der Waals surface area (Å²) in [6, 6.07) is -0.567. The molecule has 0 heterocycles. The van der Waals surface area contributed by atoms with E-state index in [0.29, 0.717) is 26.4 Å². The van der Waals surface area contributed by atoms with E-state index in [1.807, 2.05) is 0 Å². The Kier molecular flexibility index (Phi) is 8.60. The van der Waals surface area contributed by atoms with Crippen LogP contribution < -0.4 is 5.32 Å². The summed E-state index contributed by atoms with van der Waals surface area (Å²) in [6.45, 7) is 3.58. The highest BCUT2D eigenvalue weighted by atomic mass is 19.4. The third kappa shape index (κ3) is 11.7. The van der Waals surface area contributed by atoms with Crippen LogP contribution in [0.15, 0.2) is 0 Å². The van der Waals surface area contributed by atoms with Crippen LogP contribution in [0.5, 0.6) is 0 Å². The zero-order valence-corrected chi connectivity index (χ0v) is 9.77. The van der Waals surface area contributed by atoms with Crippen molar-refractivity contribution in [2.24, 2.45) is 0 Å². The molecule has 6 heteroatoms. The lowest BCUT2D eigenvalue weighted by atomic mass is 10.2. The number of alkyl halides is 3. The van der Waals surface area contributed by atoms with Crippen molar-refractivity contribution in [2.45, 2.75) is 32.0 Å². The molecular weight excluding hydrogens is 223 g/mol. The first kappa shape index (κ1) is 15.7. The van der Waals surface area contributed by atoms with Gasteiger partial charge in [-0.1, -0.05) is 0 Å². The van der Waals surface area contributed by atoms with Crippen molar-refractivity contribution in [3.8, 4) is 0 Å². The molecule has 0 aromatic carbocycles. The predicted molar refractivity (Wildman–Crippen MR) is 55.4 cm³/mol. The molecule has 0 spiro atoms. The maximum absolute atomic E-state index is 11.9. The van der Waals surface area contributed by atoms with Crippen LogP contribution in [0.1, 0.15) is 19.8 Å². The van der Waals surface area contributed by atoms with Crippen LogP contribution in [0.4, 0.5) is 13.2 Å². The van der Waals surface area contributed by atoms with Crippen molar-refractivity contribution >= 4 is 0 Å². The molecule has 0 aliphatic rings. The summed E-state index contributed by atoms with van der Waals surface area (Å²) >= 11 is 0. The molecule has 0 saturated carbocycles. The van der Waals surface area contributed by atoms with E-state index >= 15 is 0 Å².